The molecule has 4 aromatic rings. The first-order valence-corrected chi connectivity index (χ1v) is 12.3. The first-order valence-electron chi connectivity index (χ1n) is 12.3. The van der Waals surface area contributed by atoms with E-state index in [2.05, 4.69) is 15.3 Å². The maximum Gasteiger partial charge on any atom is 0.267 e. The zero-order valence-corrected chi connectivity index (χ0v) is 20.8. The number of hydrogen-bond donors (Lipinski definition) is 1. The summed E-state index contributed by atoms with van der Waals surface area (Å²) in [5.41, 5.74) is 3.30. The van der Waals surface area contributed by atoms with Gasteiger partial charge < -0.3 is 5.32 Å². The molecule has 0 unspecified atom stereocenters. The van der Waals surface area contributed by atoms with E-state index >= 15 is 0 Å². The predicted molar refractivity (Wildman–Crippen MR) is 142 cm³/mol. The first-order chi connectivity index (χ1) is 18.4. The van der Waals surface area contributed by atoms with Crippen LogP contribution in [-0.2, 0) is 11.3 Å². The molecule has 9 nitrogen and oxygen atoms in total. The minimum Gasteiger partial charge on any atom is -0.340 e. The van der Waals surface area contributed by atoms with E-state index in [1.165, 1.54) is 15.9 Å². The number of nitrogens with zero attached hydrogens (tertiary/aromatic N) is 6. The van der Waals surface area contributed by atoms with Gasteiger partial charge in [-0.15, -0.1) is 0 Å². The summed E-state index contributed by atoms with van der Waals surface area (Å²) in [6.45, 7) is 2.21. The molecule has 1 atom stereocenters. The fourth-order valence-electron chi connectivity index (χ4n) is 4.69. The predicted octanol–water partition coefficient (Wildman–Crippen LogP) is 4.44. The fourth-order valence-corrected chi connectivity index (χ4v) is 4.69. The summed E-state index contributed by atoms with van der Waals surface area (Å²) >= 11 is 0. The van der Waals surface area contributed by atoms with Crippen LogP contribution < -0.4 is 10.2 Å². The summed E-state index contributed by atoms with van der Waals surface area (Å²) in [6.07, 6.45) is 0.526. The lowest BCUT2D eigenvalue weighted by atomic mass is 10.1. The van der Waals surface area contributed by atoms with Gasteiger partial charge in [0.25, 0.3) is 11.8 Å². The number of anilines is 3. The van der Waals surface area contributed by atoms with Gasteiger partial charge in [-0.3, -0.25) is 14.5 Å². The third-order valence-electron chi connectivity index (χ3n) is 6.66. The molecule has 10 heteroatoms. The van der Waals surface area contributed by atoms with E-state index in [4.69, 9.17) is 5.10 Å². The highest BCUT2D eigenvalue weighted by Gasteiger charge is 2.47. The SMILES string of the molecule is CC[C@H]1N=C2N(C)C(=O)c3c(nn(Cc4ccc(-c5cccc(F)n5)cc4)c3Nc3ccccc3)N2C1=O. The number of pyridine rings is 1. The molecule has 0 spiro atoms. The lowest BCUT2D eigenvalue weighted by Gasteiger charge is -2.29. The molecule has 1 N–H and O–H groups in total. The van der Waals surface area contributed by atoms with Crippen molar-refractivity contribution in [1.82, 2.24) is 19.7 Å². The molecule has 38 heavy (non-hydrogen) atoms. The number of nitrogens with one attached hydrogen (secondary N) is 1. The van der Waals surface area contributed by atoms with Crippen LogP contribution in [0.3, 0.4) is 0 Å². The monoisotopic (exact) mass is 509 g/mol. The summed E-state index contributed by atoms with van der Waals surface area (Å²) in [7, 11) is 1.62. The minimum atomic E-state index is -0.550. The lowest BCUT2D eigenvalue weighted by Crippen LogP contribution is -2.50. The second-order valence-corrected chi connectivity index (χ2v) is 9.13. The van der Waals surface area contributed by atoms with Gasteiger partial charge in [0, 0.05) is 18.3 Å². The number of carbonyl (C=O) groups is 2. The van der Waals surface area contributed by atoms with E-state index in [9.17, 15) is 14.0 Å². The number of hydrogen-bond acceptors (Lipinski definition) is 6. The van der Waals surface area contributed by atoms with Crippen molar-refractivity contribution in [2.75, 3.05) is 17.3 Å². The van der Waals surface area contributed by atoms with Gasteiger partial charge in [0.2, 0.25) is 11.9 Å². The summed E-state index contributed by atoms with van der Waals surface area (Å²) in [6, 6.07) is 21.1. The molecule has 4 heterocycles. The van der Waals surface area contributed by atoms with Gasteiger partial charge in [-0.05, 0) is 36.2 Å². The number of aromatic nitrogens is 3. The summed E-state index contributed by atoms with van der Waals surface area (Å²) < 4.78 is 15.3. The molecule has 2 aliphatic heterocycles. The van der Waals surface area contributed by atoms with Crippen molar-refractivity contribution in [3.8, 4) is 11.3 Å². The highest BCUT2D eigenvalue weighted by atomic mass is 19.1. The van der Waals surface area contributed by atoms with Crippen molar-refractivity contribution in [1.29, 1.82) is 0 Å². The molecule has 0 fully saturated rings. The van der Waals surface area contributed by atoms with Crippen LogP contribution >= 0.6 is 0 Å². The van der Waals surface area contributed by atoms with Gasteiger partial charge in [0.1, 0.15) is 17.4 Å². The smallest absolute Gasteiger partial charge is 0.267 e. The minimum absolute atomic E-state index is 0.203. The molecule has 190 valence electrons. The van der Waals surface area contributed by atoms with E-state index in [0.29, 0.717) is 36.0 Å². The Labute approximate surface area is 218 Å². The quantitative estimate of drug-likeness (QED) is 0.388. The highest BCUT2D eigenvalue weighted by Crippen LogP contribution is 2.38. The third kappa shape index (κ3) is 3.90. The van der Waals surface area contributed by atoms with Gasteiger partial charge in [-0.2, -0.15) is 9.49 Å². The highest BCUT2D eigenvalue weighted by molar-refractivity contribution is 6.31. The zero-order valence-electron chi connectivity index (χ0n) is 20.8. The number of fused-ring (bicyclic) bond motifs is 3. The molecule has 6 rings (SSSR count). The summed E-state index contributed by atoms with van der Waals surface area (Å²) in [5, 5.41) is 8.09. The van der Waals surface area contributed by atoms with Crippen LogP contribution in [0.1, 0.15) is 29.3 Å². The number of aliphatic imine (C=N–C) groups is 1. The number of halogens is 1. The number of amides is 2. The average molecular weight is 510 g/mol. The van der Waals surface area contributed by atoms with Crippen molar-refractivity contribution in [3.05, 3.63) is 89.9 Å². The summed E-state index contributed by atoms with van der Waals surface area (Å²) in [4.78, 5) is 38.0. The second-order valence-electron chi connectivity index (χ2n) is 9.13. The standard InChI is InChI=1S/C28H24FN7O2/c1-3-20-26(37)36-25-23(27(38)34(2)28(36)32-20)24(30-19-8-5-4-6-9-19)35(33-25)16-17-12-14-18(15-13-17)21-10-7-11-22(29)31-21/h4-15,20,30H,3,16H2,1-2H3/t20-/m1/s1. The zero-order chi connectivity index (χ0) is 26.4. The Morgan fingerprint density at radius 3 is 2.45 bits per heavy atom. The van der Waals surface area contributed by atoms with Gasteiger partial charge in [0.05, 0.1) is 12.2 Å². The van der Waals surface area contributed by atoms with E-state index in [-0.39, 0.29) is 17.6 Å². The molecule has 0 radical (unpaired) electrons. The van der Waals surface area contributed by atoms with Crippen molar-refractivity contribution >= 4 is 35.1 Å². The molecule has 2 amide bonds. The Hall–Kier alpha value is -4.86. The maximum absolute atomic E-state index is 13.6. The Balaban J connectivity index is 1.41. The molecular formula is C28H24FN7O2. The molecule has 0 bridgehead atoms. The second kappa shape index (κ2) is 9.22. The number of carbonyl (C=O) groups excluding carboxylic acids is 2. The Morgan fingerprint density at radius 2 is 1.74 bits per heavy atom. The molecule has 2 aromatic carbocycles. The molecular weight excluding hydrogens is 485 g/mol. The normalized spacial score (nSPS) is 16.4. The number of guanidine groups is 1. The van der Waals surface area contributed by atoms with Crippen LogP contribution in [0.5, 0.6) is 0 Å². The topological polar surface area (TPSA) is 95.7 Å². The molecule has 2 aromatic heterocycles. The number of benzene rings is 2. The Kier molecular flexibility index (Phi) is 5.71. The van der Waals surface area contributed by atoms with E-state index in [0.717, 1.165) is 16.8 Å². The van der Waals surface area contributed by atoms with Crippen molar-refractivity contribution in [3.63, 3.8) is 0 Å². The largest absolute Gasteiger partial charge is 0.340 e. The van der Waals surface area contributed by atoms with Crippen LogP contribution in [-0.4, -0.2) is 50.5 Å². The number of rotatable bonds is 6. The Bertz CT molecular complexity index is 1580. The third-order valence-corrected chi connectivity index (χ3v) is 6.66. The van der Waals surface area contributed by atoms with Gasteiger partial charge in [-0.25, -0.2) is 19.6 Å². The Morgan fingerprint density at radius 1 is 0.974 bits per heavy atom. The van der Waals surface area contributed by atoms with Gasteiger partial charge >= 0.3 is 0 Å². The summed E-state index contributed by atoms with van der Waals surface area (Å²) in [5.74, 6) is 0.00658. The van der Waals surface area contributed by atoms with E-state index < -0.39 is 12.0 Å². The molecule has 2 aliphatic rings. The maximum atomic E-state index is 13.6. The fraction of sp³-hybridized carbons (Fsp3) is 0.179. The average Bonchev–Trinajstić information content (AvgIpc) is 3.45. The van der Waals surface area contributed by atoms with Crippen molar-refractivity contribution in [2.24, 2.45) is 4.99 Å². The van der Waals surface area contributed by atoms with Crippen LogP contribution in [0.4, 0.5) is 21.7 Å². The van der Waals surface area contributed by atoms with Crippen LogP contribution in [0.25, 0.3) is 11.3 Å². The van der Waals surface area contributed by atoms with Crippen molar-refractivity contribution in [2.45, 2.75) is 25.9 Å². The van der Waals surface area contributed by atoms with Crippen LogP contribution in [0, 0.1) is 5.95 Å². The van der Waals surface area contributed by atoms with Gasteiger partial charge in [-0.1, -0.05) is 55.5 Å². The molecule has 0 saturated heterocycles. The van der Waals surface area contributed by atoms with Gasteiger partial charge in [0.15, 0.2) is 5.82 Å². The lowest BCUT2D eigenvalue weighted by molar-refractivity contribution is -0.118. The molecule has 0 saturated carbocycles. The first kappa shape index (κ1) is 23.5. The van der Waals surface area contributed by atoms with Crippen LogP contribution in [0.15, 0.2) is 77.8 Å². The van der Waals surface area contributed by atoms with E-state index in [1.54, 1.807) is 23.9 Å². The van der Waals surface area contributed by atoms with Crippen LogP contribution in [0.2, 0.25) is 0 Å². The number of para-hydroxylation sites is 1. The molecule has 0 aliphatic carbocycles. The van der Waals surface area contributed by atoms with Crippen molar-refractivity contribution < 1.29 is 14.0 Å². The van der Waals surface area contributed by atoms with E-state index in [1.807, 2.05) is 61.5 Å².